The number of nitrogens with zero attached hydrogens (tertiary/aromatic N) is 1. The van der Waals surface area contributed by atoms with Crippen molar-refractivity contribution >= 4 is 23.2 Å². The summed E-state index contributed by atoms with van der Waals surface area (Å²) in [6.07, 6.45) is 0.0405. The van der Waals surface area contributed by atoms with Gasteiger partial charge < -0.3 is 14.8 Å². The molecule has 0 aliphatic rings. The molecule has 0 aliphatic heterocycles. The predicted octanol–water partition coefficient (Wildman–Crippen LogP) is 3.23. The number of anilines is 1. The third kappa shape index (κ3) is 6.14. The van der Waals surface area contributed by atoms with Crippen molar-refractivity contribution in [1.82, 2.24) is 5.43 Å². The maximum absolute atomic E-state index is 12.2. The van der Waals surface area contributed by atoms with Crippen LogP contribution in [0.1, 0.15) is 30.6 Å². The quantitative estimate of drug-likeness (QED) is 0.552. The first-order chi connectivity index (χ1) is 13.0. The van der Waals surface area contributed by atoms with Crippen molar-refractivity contribution < 1.29 is 19.1 Å². The molecular weight excluding hydrogens is 346 g/mol. The first-order valence-corrected chi connectivity index (χ1v) is 8.52. The zero-order valence-corrected chi connectivity index (χ0v) is 15.6. The number of carbonyl (C=O) groups is 2. The molecule has 27 heavy (non-hydrogen) atoms. The summed E-state index contributed by atoms with van der Waals surface area (Å²) in [6.45, 7) is 4.05. The van der Waals surface area contributed by atoms with E-state index in [1.54, 1.807) is 43.3 Å². The molecule has 0 saturated carbocycles. The molecule has 2 rings (SSSR count). The van der Waals surface area contributed by atoms with Crippen molar-refractivity contribution in [1.29, 1.82) is 0 Å². The van der Waals surface area contributed by atoms with E-state index >= 15 is 0 Å². The Balaban J connectivity index is 1.93. The largest absolute Gasteiger partial charge is 0.497 e. The molecule has 0 unspecified atom stereocenters. The zero-order valence-electron chi connectivity index (χ0n) is 15.6. The highest BCUT2D eigenvalue weighted by Crippen LogP contribution is 2.23. The van der Waals surface area contributed by atoms with Gasteiger partial charge in [0, 0.05) is 11.3 Å². The first-order valence-electron chi connectivity index (χ1n) is 8.52. The molecule has 2 N–H and O–H groups in total. The van der Waals surface area contributed by atoms with Crippen LogP contribution in [0.25, 0.3) is 0 Å². The van der Waals surface area contributed by atoms with Gasteiger partial charge in [0.2, 0.25) is 5.91 Å². The standard InChI is InChI=1S/C20H23N3O4/c1-4-27-18-11-6-5-10-17(18)21-19(24)12-14(2)22-23-20(25)15-8-7-9-16(13-15)26-3/h5-11,13H,4,12H2,1-3H3,(H,21,24)(H,23,25)/b22-14-. The van der Waals surface area contributed by atoms with Crippen molar-refractivity contribution in [3.05, 3.63) is 54.1 Å². The molecule has 7 nitrogen and oxygen atoms in total. The molecule has 142 valence electrons. The summed E-state index contributed by atoms with van der Waals surface area (Å²) < 4.78 is 10.6. The number of methoxy groups -OCH3 is 1. The van der Waals surface area contributed by atoms with E-state index in [0.29, 0.717) is 35.1 Å². The third-order valence-corrected chi connectivity index (χ3v) is 3.56. The normalized spacial score (nSPS) is 10.9. The van der Waals surface area contributed by atoms with Crippen LogP contribution >= 0.6 is 0 Å². The average molecular weight is 369 g/mol. The van der Waals surface area contributed by atoms with Crippen molar-refractivity contribution in [3.8, 4) is 11.5 Å². The molecule has 0 aromatic heterocycles. The smallest absolute Gasteiger partial charge is 0.271 e. The van der Waals surface area contributed by atoms with Crippen molar-refractivity contribution in [2.75, 3.05) is 19.0 Å². The topological polar surface area (TPSA) is 89.0 Å². The zero-order chi connectivity index (χ0) is 19.6. The number of carbonyl (C=O) groups excluding carboxylic acids is 2. The first kappa shape index (κ1) is 20.0. The number of rotatable bonds is 8. The molecule has 0 spiro atoms. The molecule has 0 fully saturated rings. The summed E-state index contributed by atoms with van der Waals surface area (Å²) in [5.74, 6) is 0.555. The number of hydrazone groups is 1. The van der Waals surface area contributed by atoms with Crippen LogP contribution < -0.4 is 20.2 Å². The molecule has 2 amide bonds. The summed E-state index contributed by atoms with van der Waals surface area (Å²) in [4.78, 5) is 24.3. The second-order valence-corrected chi connectivity index (χ2v) is 5.67. The van der Waals surface area contributed by atoms with E-state index in [0.717, 1.165) is 0 Å². The van der Waals surface area contributed by atoms with Crippen LogP contribution in [0.2, 0.25) is 0 Å². The fourth-order valence-electron chi connectivity index (χ4n) is 2.29. The summed E-state index contributed by atoms with van der Waals surface area (Å²) >= 11 is 0. The van der Waals surface area contributed by atoms with Crippen LogP contribution in [-0.4, -0.2) is 31.2 Å². The van der Waals surface area contributed by atoms with E-state index in [2.05, 4.69) is 15.8 Å². The summed E-state index contributed by atoms with van der Waals surface area (Å²) in [7, 11) is 1.53. The van der Waals surface area contributed by atoms with Gasteiger partial charge in [0.15, 0.2) is 0 Å². The Morgan fingerprint density at radius 1 is 1.11 bits per heavy atom. The van der Waals surface area contributed by atoms with Gasteiger partial charge in [-0.2, -0.15) is 5.10 Å². The lowest BCUT2D eigenvalue weighted by Gasteiger charge is -2.11. The highest BCUT2D eigenvalue weighted by Gasteiger charge is 2.10. The summed E-state index contributed by atoms with van der Waals surface area (Å²) in [5, 5.41) is 6.77. The minimum atomic E-state index is -0.379. The van der Waals surface area contributed by atoms with Gasteiger partial charge in [0.1, 0.15) is 11.5 Å². The highest BCUT2D eigenvalue weighted by molar-refractivity contribution is 6.06. The molecule has 2 aromatic rings. The van der Waals surface area contributed by atoms with E-state index < -0.39 is 0 Å². The maximum Gasteiger partial charge on any atom is 0.271 e. The van der Waals surface area contributed by atoms with E-state index in [4.69, 9.17) is 9.47 Å². The van der Waals surface area contributed by atoms with Gasteiger partial charge in [-0.1, -0.05) is 18.2 Å². The lowest BCUT2D eigenvalue weighted by Crippen LogP contribution is -2.21. The average Bonchev–Trinajstić information content (AvgIpc) is 2.67. The number of para-hydroxylation sites is 2. The fourth-order valence-corrected chi connectivity index (χ4v) is 2.29. The number of hydrogen-bond acceptors (Lipinski definition) is 5. The van der Waals surface area contributed by atoms with Crippen molar-refractivity contribution in [2.45, 2.75) is 20.3 Å². The molecular formula is C20H23N3O4. The second-order valence-electron chi connectivity index (χ2n) is 5.67. The van der Waals surface area contributed by atoms with Gasteiger partial charge in [-0.05, 0) is 44.2 Å². The molecule has 0 saturated heterocycles. The Bertz CT molecular complexity index is 833. The Hall–Kier alpha value is -3.35. The molecule has 0 bridgehead atoms. The van der Waals surface area contributed by atoms with E-state index in [-0.39, 0.29) is 18.2 Å². The maximum atomic E-state index is 12.2. The Morgan fingerprint density at radius 3 is 2.63 bits per heavy atom. The second kappa shape index (κ2) is 9.96. The van der Waals surface area contributed by atoms with Crippen LogP contribution in [-0.2, 0) is 4.79 Å². The minimum absolute atomic E-state index is 0.0405. The van der Waals surface area contributed by atoms with Gasteiger partial charge in [-0.25, -0.2) is 5.43 Å². The third-order valence-electron chi connectivity index (χ3n) is 3.56. The molecule has 0 atom stereocenters. The number of nitrogens with one attached hydrogen (secondary N) is 2. The Kier molecular flexibility index (Phi) is 7.37. The van der Waals surface area contributed by atoms with Gasteiger partial charge in [-0.3, -0.25) is 9.59 Å². The predicted molar refractivity (Wildman–Crippen MR) is 104 cm³/mol. The van der Waals surface area contributed by atoms with E-state index in [1.807, 2.05) is 19.1 Å². The van der Waals surface area contributed by atoms with Crippen molar-refractivity contribution in [2.24, 2.45) is 5.10 Å². The SMILES string of the molecule is CCOc1ccccc1NC(=O)C/C(C)=N\NC(=O)c1cccc(OC)c1. The van der Waals surface area contributed by atoms with Crippen LogP contribution in [0.5, 0.6) is 11.5 Å². The number of benzene rings is 2. The van der Waals surface area contributed by atoms with Gasteiger partial charge in [0.05, 0.1) is 25.8 Å². The lowest BCUT2D eigenvalue weighted by atomic mass is 10.2. The molecule has 0 heterocycles. The molecule has 7 heteroatoms. The van der Waals surface area contributed by atoms with Gasteiger partial charge in [0.25, 0.3) is 5.91 Å². The Labute approximate surface area is 158 Å². The minimum Gasteiger partial charge on any atom is -0.497 e. The fraction of sp³-hybridized carbons (Fsp3) is 0.250. The number of ether oxygens (including phenoxy) is 2. The highest BCUT2D eigenvalue weighted by atomic mass is 16.5. The van der Waals surface area contributed by atoms with E-state index in [1.165, 1.54) is 7.11 Å². The molecule has 0 aliphatic carbocycles. The van der Waals surface area contributed by atoms with Gasteiger partial charge >= 0.3 is 0 Å². The van der Waals surface area contributed by atoms with Crippen LogP contribution in [0.3, 0.4) is 0 Å². The number of amides is 2. The molecule has 0 radical (unpaired) electrons. The molecule has 2 aromatic carbocycles. The van der Waals surface area contributed by atoms with Crippen LogP contribution in [0, 0.1) is 0 Å². The van der Waals surface area contributed by atoms with Crippen LogP contribution in [0.15, 0.2) is 53.6 Å². The lowest BCUT2D eigenvalue weighted by molar-refractivity contribution is -0.115. The number of hydrogen-bond donors (Lipinski definition) is 2. The van der Waals surface area contributed by atoms with Crippen LogP contribution in [0.4, 0.5) is 5.69 Å². The van der Waals surface area contributed by atoms with Gasteiger partial charge in [-0.15, -0.1) is 0 Å². The Morgan fingerprint density at radius 2 is 1.89 bits per heavy atom. The van der Waals surface area contributed by atoms with Crippen molar-refractivity contribution in [3.63, 3.8) is 0 Å². The monoisotopic (exact) mass is 369 g/mol. The van der Waals surface area contributed by atoms with E-state index in [9.17, 15) is 9.59 Å². The summed E-state index contributed by atoms with van der Waals surface area (Å²) in [5.41, 5.74) is 3.92. The summed E-state index contributed by atoms with van der Waals surface area (Å²) in [6, 6.07) is 13.9.